The van der Waals surface area contributed by atoms with Gasteiger partial charge in [-0.2, -0.15) is 0 Å². The van der Waals surface area contributed by atoms with Gasteiger partial charge in [0.15, 0.2) is 0 Å². The Morgan fingerprint density at radius 2 is 2.04 bits per heavy atom. The van der Waals surface area contributed by atoms with Gasteiger partial charge in [0, 0.05) is 26.7 Å². The average Bonchev–Trinajstić information content (AvgIpc) is 2.86. The average molecular weight is 573 g/mol. The lowest BCUT2D eigenvalue weighted by Gasteiger charge is -2.14. The number of carbonyl (C=O) groups is 2. The molecule has 0 aromatic heterocycles. The summed E-state index contributed by atoms with van der Waals surface area (Å²) in [6, 6.07) is 15.2. The molecule has 0 radical (unpaired) electrons. The first kappa shape index (κ1) is 20.5. The molecular formula is C19H14BrIN2O2S2. The molecule has 1 N–H and O–H groups in total. The summed E-state index contributed by atoms with van der Waals surface area (Å²) in [4.78, 5) is 26.9. The van der Waals surface area contributed by atoms with Crippen LogP contribution in [0.2, 0.25) is 0 Å². The number of nitrogens with one attached hydrogen (secondary N) is 1. The molecular weight excluding hydrogens is 559 g/mol. The van der Waals surface area contributed by atoms with Crippen LogP contribution in [0.4, 0.5) is 5.69 Å². The van der Waals surface area contributed by atoms with Crippen molar-refractivity contribution in [3.8, 4) is 0 Å². The molecule has 3 rings (SSSR count). The van der Waals surface area contributed by atoms with Crippen molar-refractivity contribution in [3.63, 3.8) is 0 Å². The molecule has 8 heteroatoms. The van der Waals surface area contributed by atoms with Crippen LogP contribution >= 0.6 is 62.5 Å². The first-order chi connectivity index (χ1) is 12.9. The first-order valence-corrected chi connectivity index (χ1v) is 11.1. The van der Waals surface area contributed by atoms with Crippen LogP contribution in [0.3, 0.4) is 0 Å². The zero-order valence-corrected chi connectivity index (χ0v) is 19.3. The summed E-state index contributed by atoms with van der Waals surface area (Å²) in [5, 5.41) is 2.84. The van der Waals surface area contributed by atoms with Gasteiger partial charge in [0.05, 0.1) is 4.91 Å². The lowest BCUT2D eigenvalue weighted by Crippen LogP contribution is -2.31. The molecule has 0 atom stereocenters. The van der Waals surface area contributed by atoms with E-state index in [1.54, 1.807) is 0 Å². The third-order valence-electron chi connectivity index (χ3n) is 3.69. The standard InChI is InChI=1S/C19H14BrIN2O2S2/c20-13-4-1-3-12(9-13)10-16-18(25)23(19(26)27-16)8-7-17(24)22-15-6-2-5-14(21)11-15/h1-6,9-11H,7-8H2,(H,22,24). The van der Waals surface area contributed by atoms with Gasteiger partial charge in [0.1, 0.15) is 4.32 Å². The lowest BCUT2D eigenvalue weighted by atomic mass is 10.2. The number of thioether (sulfide) groups is 1. The Morgan fingerprint density at radius 3 is 2.78 bits per heavy atom. The minimum atomic E-state index is -0.160. The number of amides is 2. The van der Waals surface area contributed by atoms with E-state index in [0.29, 0.717) is 9.23 Å². The number of thiocarbonyl (C=S) groups is 1. The van der Waals surface area contributed by atoms with Gasteiger partial charge in [-0.3, -0.25) is 14.5 Å². The molecule has 1 fully saturated rings. The smallest absolute Gasteiger partial charge is 0.266 e. The summed E-state index contributed by atoms with van der Waals surface area (Å²) < 4.78 is 2.46. The molecule has 0 aliphatic carbocycles. The Labute approximate surface area is 189 Å². The van der Waals surface area contributed by atoms with E-state index < -0.39 is 0 Å². The van der Waals surface area contributed by atoms with Gasteiger partial charge < -0.3 is 5.32 Å². The molecule has 0 unspecified atom stereocenters. The molecule has 1 saturated heterocycles. The molecule has 0 bridgehead atoms. The largest absolute Gasteiger partial charge is 0.326 e. The summed E-state index contributed by atoms with van der Waals surface area (Å²) >= 11 is 12.2. The minimum absolute atomic E-state index is 0.151. The van der Waals surface area contributed by atoms with Crippen molar-refractivity contribution in [3.05, 3.63) is 67.0 Å². The lowest BCUT2D eigenvalue weighted by molar-refractivity contribution is -0.122. The number of hydrogen-bond acceptors (Lipinski definition) is 4. The van der Waals surface area contributed by atoms with Crippen molar-refractivity contribution >= 4 is 90.4 Å². The van der Waals surface area contributed by atoms with Gasteiger partial charge in [0.2, 0.25) is 5.91 Å². The van der Waals surface area contributed by atoms with E-state index in [4.69, 9.17) is 12.2 Å². The monoisotopic (exact) mass is 572 g/mol. The minimum Gasteiger partial charge on any atom is -0.326 e. The number of anilines is 1. The van der Waals surface area contributed by atoms with Crippen LogP contribution in [0, 0.1) is 3.57 Å². The van der Waals surface area contributed by atoms with Crippen molar-refractivity contribution < 1.29 is 9.59 Å². The van der Waals surface area contributed by atoms with Crippen LogP contribution in [0.15, 0.2) is 57.9 Å². The first-order valence-electron chi connectivity index (χ1n) is 7.99. The second-order valence-electron chi connectivity index (χ2n) is 5.70. The Morgan fingerprint density at radius 1 is 1.26 bits per heavy atom. The molecule has 138 valence electrons. The maximum absolute atomic E-state index is 12.6. The quantitative estimate of drug-likeness (QED) is 0.301. The Kier molecular flexibility index (Phi) is 7.07. The molecule has 1 aliphatic heterocycles. The van der Waals surface area contributed by atoms with E-state index in [-0.39, 0.29) is 24.8 Å². The number of nitrogens with zero attached hydrogens (tertiary/aromatic N) is 1. The van der Waals surface area contributed by atoms with E-state index in [9.17, 15) is 9.59 Å². The van der Waals surface area contributed by atoms with Crippen LogP contribution in [0.25, 0.3) is 6.08 Å². The fraction of sp³-hybridized carbons (Fsp3) is 0.105. The Bertz CT molecular complexity index is 949. The van der Waals surface area contributed by atoms with Crippen molar-refractivity contribution in [1.29, 1.82) is 0 Å². The van der Waals surface area contributed by atoms with E-state index in [1.807, 2.05) is 54.6 Å². The fourth-order valence-corrected chi connectivity index (χ4v) is 4.71. The summed E-state index contributed by atoms with van der Waals surface area (Å²) in [7, 11) is 0. The highest BCUT2D eigenvalue weighted by molar-refractivity contribution is 14.1. The third-order valence-corrected chi connectivity index (χ3v) is 6.23. The maximum Gasteiger partial charge on any atom is 0.266 e. The highest BCUT2D eigenvalue weighted by atomic mass is 127. The summed E-state index contributed by atoms with van der Waals surface area (Å²) in [5.74, 6) is -0.311. The summed E-state index contributed by atoms with van der Waals surface area (Å²) in [6.45, 7) is 0.260. The van der Waals surface area contributed by atoms with Crippen LogP contribution in [-0.2, 0) is 9.59 Å². The molecule has 2 aromatic carbocycles. The molecule has 2 amide bonds. The van der Waals surface area contributed by atoms with Gasteiger partial charge in [-0.15, -0.1) is 0 Å². The van der Waals surface area contributed by atoms with Gasteiger partial charge in [-0.1, -0.05) is 58.1 Å². The summed E-state index contributed by atoms with van der Waals surface area (Å²) in [6.07, 6.45) is 2.00. The Balaban J connectivity index is 1.61. The molecule has 2 aromatic rings. The summed E-state index contributed by atoms with van der Waals surface area (Å²) in [5.41, 5.74) is 1.66. The number of carbonyl (C=O) groups excluding carboxylic acids is 2. The predicted octanol–water partition coefficient (Wildman–Crippen LogP) is 5.28. The molecule has 0 spiro atoms. The molecule has 1 aliphatic rings. The topological polar surface area (TPSA) is 49.4 Å². The van der Waals surface area contributed by atoms with Crippen LogP contribution in [0.1, 0.15) is 12.0 Å². The van der Waals surface area contributed by atoms with E-state index in [2.05, 4.69) is 43.8 Å². The normalized spacial score (nSPS) is 15.5. The van der Waals surface area contributed by atoms with Crippen LogP contribution in [0.5, 0.6) is 0 Å². The highest BCUT2D eigenvalue weighted by Crippen LogP contribution is 2.33. The van der Waals surface area contributed by atoms with Crippen LogP contribution in [-0.4, -0.2) is 27.6 Å². The zero-order chi connectivity index (χ0) is 19.4. The second kappa shape index (κ2) is 9.31. The highest BCUT2D eigenvalue weighted by Gasteiger charge is 2.32. The van der Waals surface area contributed by atoms with Crippen LogP contribution < -0.4 is 5.32 Å². The Hall–Kier alpha value is -1.23. The third kappa shape index (κ3) is 5.63. The van der Waals surface area contributed by atoms with Crippen molar-refractivity contribution in [2.24, 2.45) is 0 Å². The van der Waals surface area contributed by atoms with Gasteiger partial charge in [-0.05, 0) is 64.6 Å². The number of hydrogen-bond donors (Lipinski definition) is 1. The van der Waals surface area contributed by atoms with Crippen molar-refractivity contribution in [1.82, 2.24) is 4.90 Å². The SMILES string of the molecule is O=C(CCN1C(=O)C(=Cc2cccc(Br)c2)SC1=S)Nc1cccc(I)c1. The molecule has 27 heavy (non-hydrogen) atoms. The number of rotatable bonds is 5. The van der Waals surface area contributed by atoms with Gasteiger partial charge >= 0.3 is 0 Å². The predicted molar refractivity (Wildman–Crippen MR) is 126 cm³/mol. The maximum atomic E-state index is 12.6. The molecule has 4 nitrogen and oxygen atoms in total. The van der Waals surface area contributed by atoms with Gasteiger partial charge in [0.25, 0.3) is 5.91 Å². The second-order valence-corrected chi connectivity index (χ2v) is 9.53. The van der Waals surface area contributed by atoms with Gasteiger partial charge in [-0.25, -0.2) is 0 Å². The zero-order valence-electron chi connectivity index (χ0n) is 13.9. The van der Waals surface area contributed by atoms with Crippen molar-refractivity contribution in [2.45, 2.75) is 6.42 Å². The molecule has 0 saturated carbocycles. The van der Waals surface area contributed by atoms with E-state index >= 15 is 0 Å². The fourth-order valence-electron chi connectivity index (χ4n) is 2.44. The van der Waals surface area contributed by atoms with E-state index in [1.165, 1.54) is 16.7 Å². The molecule has 1 heterocycles. The van der Waals surface area contributed by atoms with Crippen molar-refractivity contribution in [2.75, 3.05) is 11.9 Å². The number of halogens is 2. The number of benzene rings is 2. The van der Waals surface area contributed by atoms with E-state index in [0.717, 1.165) is 19.3 Å².